The van der Waals surface area contributed by atoms with E-state index in [2.05, 4.69) is 5.32 Å². The first-order valence-electron chi connectivity index (χ1n) is 5.03. The Hall–Kier alpha value is -1.72. The van der Waals surface area contributed by atoms with Crippen LogP contribution in [-0.2, 0) is 4.79 Å². The number of hydrogen-bond donors (Lipinski definition) is 2. The van der Waals surface area contributed by atoms with E-state index in [1.165, 1.54) is 0 Å². The van der Waals surface area contributed by atoms with E-state index >= 15 is 0 Å². The standard InChI is InChI=1S/C11H12F3NO2/c1-6(2-3-10(16)17)15-9-5-7(12)4-8(13)11(9)14/h4-6,15H,2-3H2,1H3,(H,16,17). The Labute approximate surface area is 96.3 Å². The second-order valence-corrected chi connectivity index (χ2v) is 3.73. The summed E-state index contributed by atoms with van der Waals surface area (Å²) in [5, 5.41) is 11.0. The first-order valence-corrected chi connectivity index (χ1v) is 5.03. The van der Waals surface area contributed by atoms with E-state index in [0.29, 0.717) is 6.07 Å². The van der Waals surface area contributed by atoms with Gasteiger partial charge < -0.3 is 10.4 Å². The van der Waals surface area contributed by atoms with E-state index < -0.39 is 29.5 Å². The Morgan fingerprint density at radius 3 is 2.65 bits per heavy atom. The quantitative estimate of drug-likeness (QED) is 0.786. The molecule has 0 saturated carbocycles. The lowest BCUT2D eigenvalue weighted by Crippen LogP contribution is -2.18. The monoisotopic (exact) mass is 247 g/mol. The highest BCUT2D eigenvalue weighted by molar-refractivity contribution is 5.66. The van der Waals surface area contributed by atoms with Gasteiger partial charge in [0.2, 0.25) is 0 Å². The van der Waals surface area contributed by atoms with Crippen LogP contribution in [0.15, 0.2) is 12.1 Å². The molecule has 1 atom stereocenters. The maximum Gasteiger partial charge on any atom is 0.303 e. The molecule has 2 N–H and O–H groups in total. The van der Waals surface area contributed by atoms with Crippen LogP contribution < -0.4 is 5.32 Å². The Morgan fingerprint density at radius 1 is 1.41 bits per heavy atom. The van der Waals surface area contributed by atoms with Crippen molar-refractivity contribution in [2.45, 2.75) is 25.8 Å². The van der Waals surface area contributed by atoms with Crippen LogP contribution >= 0.6 is 0 Å². The molecule has 17 heavy (non-hydrogen) atoms. The van der Waals surface area contributed by atoms with Crippen LogP contribution in [-0.4, -0.2) is 17.1 Å². The fourth-order valence-corrected chi connectivity index (χ4v) is 1.34. The first-order chi connectivity index (χ1) is 7.90. The van der Waals surface area contributed by atoms with Crippen molar-refractivity contribution in [1.29, 1.82) is 0 Å². The number of benzene rings is 1. The van der Waals surface area contributed by atoms with E-state index in [1.54, 1.807) is 6.92 Å². The van der Waals surface area contributed by atoms with Crippen molar-refractivity contribution in [2.24, 2.45) is 0 Å². The van der Waals surface area contributed by atoms with Crippen LogP contribution in [0.4, 0.5) is 18.9 Å². The minimum atomic E-state index is -1.28. The maximum absolute atomic E-state index is 13.2. The van der Waals surface area contributed by atoms with Crippen LogP contribution in [0.25, 0.3) is 0 Å². The number of aliphatic carboxylic acids is 1. The molecule has 0 saturated heterocycles. The smallest absolute Gasteiger partial charge is 0.303 e. The van der Waals surface area contributed by atoms with Gasteiger partial charge in [-0.05, 0) is 13.3 Å². The second kappa shape index (κ2) is 5.56. The summed E-state index contributed by atoms with van der Waals surface area (Å²) in [4.78, 5) is 10.3. The lowest BCUT2D eigenvalue weighted by atomic mass is 10.1. The van der Waals surface area contributed by atoms with Crippen molar-refractivity contribution in [2.75, 3.05) is 5.32 Å². The van der Waals surface area contributed by atoms with Gasteiger partial charge in [-0.2, -0.15) is 0 Å². The molecule has 1 rings (SSSR count). The van der Waals surface area contributed by atoms with E-state index in [-0.39, 0.29) is 18.5 Å². The average Bonchev–Trinajstić information content (AvgIpc) is 2.22. The van der Waals surface area contributed by atoms with Gasteiger partial charge in [-0.25, -0.2) is 13.2 Å². The molecule has 0 aliphatic heterocycles. The summed E-state index contributed by atoms with van der Waals surface area (Å²) in [6.07, 6.45) is 0.125. The second-order valence-electron chi connectivity index (χ2n) is 3.73. The van der Waals surface area contributed by atoms with Crippen LogP contribution in [0.3, 0.4) is 0 Å². The number of nitrogens with one attached hydrogen (secondary N) is 1. The molecular formula is C11H12F3NO2. The number of halogens is 3. The molecule has 94 valence electrons. The Morgan fingerprint density at radius 2 is 2.06 bits per heavy atom. The zero-order chi connectivity index (χ0) is 13.0. The summed E-state index contributed by atoms with van der Waals surface area (Å²) in [5.74, 6) is -4.33. The summed E-state index contributed by atoms with van der Waals surface area (Å²) < 4.78 is 38.9. The van der Waals surface area contributed by atoms with Gasteiger partial charge in [0.05, 0.1) is 5.69 Å². The van der Waals surface area contributed by atoms with Crippen molar-refractivity contribution in [1.82, 2.24) is 0 Å². The zero-order valence-electron chi connectivity index (χ0n) is 9.14. The third-order valence-corrected chi connectivity index (χ3v) is 2.19. The Balaban J connectivity index is 2.71. The summed E-state index contributed by atoms with van der Waals surface area (Å²) in [6.45, 7) is 1.60. The van der Waals surface area contributed by atoms with Gasteiger partial charge in [-0.15, -0.1) is 0 Å². The molecule has 0 amide bonds. The maximum atomic E-state index is 13.2. The normalized spacial score (nSPS) is 12.2. The predicted octanol–water partition coefficient (Wildman–Crippen LogP) is 2.77. The fraction of sp³-hybridized carbons (Fsp3) is 0.364. The van der Waals surface area contributed by atoms with Crippen LogP contribution in [0, 0.1) is 17.5 Å². The number of carboxylic acid groups (broad SMARTS) is 1. The molecule has 0 spiro atoms. The molecule has 1 aromatic carbocycles. The molecule has 0 radical (unpaired) electrons. The highest BCUT2D eigenvalue weighted by Gasteiger charge is 2.13. The minimum absolute atomic E-state index is 0.104. The highest BCUT2D eigenvalue weighted by atomic mass is 19.2. The van der Waals surface area contributed by atoms with Gasteiger partial charge >= 0.3 is 5.97 Å². The minimum Gasteiger partial charge on any atom is -0.481 e. The zero-order valence-corrected chi connectivity index (χ0v) is 9.14. The van der Waals surface area contributed by atoms with E-state index in [4.69, 9.17) is 5.11 Å². The first kappa shape index (κ1) is 13.3. The van der Waals surface area contributed by atoms with Gasteiger partial charge in [0.15, 0.2) is 11.6 Å². The van der Waals surface area contributed by atoms with Crippen LogP contribution in [0.5, 0.6) is 0 Å². The molecule has 0 bridgehead atoms. The van der Waals surface area contributed by atoms with Crippen molar-refractivity contribution in [3.05, 3.63) is 29.6 Å². The molecule has 0 aromatic heterocycles. The molecule has 6 heteroatoms. The lowest BCUT2D eigenvalue weighted by Gasteiger charge is -2.15. The van der Waals surface area contributed by atoms with E-state index in [0.717, 1.165) is 6.07 Å². The summed E-state index contributed by atoms with van der Waals surface area (Å²) in [7, 11) is 0. The predicted molar refractivity (Wildman–Crippen MR) is 56.3 cm³/mol. The third-order valence-electron chi connectivity index (χ3n) is 2.19. The average molecular weight is 247 g/mol. The van der Waals surface area contributed by atoms with E-state index in [9.17, 15) is 18.0 Å². The number of anilines is 1. The molecule has 1 unspecified atom stereocenters. The fourth-order valence-electron chi connectivity index (χ4n) is 1.34. The Kier molecular flexibility index (Phi) is 4.37. The molecule has 0 aliphatic carbocycles. The van der Waals surface area contributed by atoms with Crippen LogP contribution in [0.1, 0.15) is 19.8 Å². The summed E-state index contributed by atoms with van der Waals surface area (Å²) in [5.41, 5.74) is -0.305. The van der Waals surface area contributed by atoms with Gasteiger partial charge in [0.25, 0.3) is 0 Å². The van der Waals surface area contributed by atoms with Gasteiger partial charge in [-0.3, -0.25) is 4.79 Å². The third kappa shape index (κ3) is 3.97. The molecule has 0 heterocycles. The highest BCUT2D eigenvalue weighted by Crippen LogP contribution is 2.20. The molecule has 0 fully saturated rings. The van der Waals surface area contributed by atoms with Crippen molar-refractivity contribution in [3.63, 3.8) is 0 Å². The van der Waals surface area contributed by atoms with Gasteiger partial charge in [0.1, 0.15) is 5.82 Å². The molecule has 0 aliphatic rings. The number of carbonyl (C=O) groups is 1. The topological polar surface area (TPSA) is 49.3 Å². The van der Waals surface area contributed by atoms with Gasteiger partial charge in [-0.1, -0.05) is 0 Å². The number of carboxylic acids is 1. The number of hydrogen-bond acceptors (Lipinski definition) is 2. The SMILES string of the molecule is CC(CCC(=O)O)Nc1cc(F)cc(F)c1F. The van der Waals surface area contributed by atoms with Gasteiger partial charge in [0, 0.05) is 24.6 Å². The van der Waals surface area contributed by atoms with Crippen LogP contribution in [0.2, 0.25) is 0 Å². The molecule has 3 nitrogen and oxygen atoms in total. The molecular weight excluding hydrogens is 235 g/mol. The Bertz CT molecular complexity index is 423. The van der Waals surface area contributed by atoms with Crippen molar-refractivity contribution in [3.8, 4) is 0 Å². The van der Waals surface area contributed by atoms with Crippen molar-refractivity contribution >= 4 is 11.7 Å². The largest absolute Gasteiger partial charge is 0.481 e. The lowest BCUT2D eigenvalue weighted by molar-refractivity contribution is -0.137. The molecule has 1 aromatic rings. The van der Waals surface area contributed by atoms with E-state index in [1.807, 2.05) is 0 Å². The number of rotatable bonds is 5. The summed E-state index contributed by atoms with van der Waals surface area (Å²) >= 11 is 0. The van der Waals surface area contributed by atoms with Crippen molar-refractivity contribution < 1.29 is 23.1 Å². The summed E-state index contributed by atoms with van der Waals surface area (Å²) in [6, 6.07) is 0.875.